The van der Waals surface area contributed by atoms with Crippen LogP contribution in [0.4, 0.5) is 8.78 Å². The largest absolute Gasteiger partial charge is 0.298 e. The topological polar surface area (TPSA) is 30.0 Å². The summed E-state index contributed by atoms with van der Waals surface area (Å²) in [6.07, 6.45) is -2.08. The predicted octanol–water partition coefficient (Wildman–Crippen LogP) is 3.18. The molecule has 1 heterocycles. The third kappa shape index (κ3) is 2.38. The first-order valence-electron chi connectivity index (χ1n) is 3.58. The predicted molar refractivity (Wildman–Crippen MR) is 56.9 cm³/mol. The first-order chi connectivity index (χ1) is 6.60. The van der Waals surface area contributed by atoms with Crippen LogP contribution in [0.5, 0.6) is 0 Å². The van der Waals surface area contributed by atoms with Crippen LogP contribution in [-0.4, -0.2) is 11.3 Å². The second kappa shape index (κ2) is 4.97. The molecular formula is C8H5ClF2INO. The molecule has 0 aromatic carbocycles. The van der Waals surface area contributed by atoms with Crippen molar-refractivity contribution in [3.63, 3.8) is 0 Å². The molecular weight excluding hydrogens is 326 g/mol. The van der Waals surface area contributed by atoms with Gasteiger partial charge < -0.3 is 0 Å². The Balaban J connectivity index is 3.31. The van der Waals surface area contributed by atoms with Gasteiger partial charge in [-0.3, -0.25) is 4.79 Å². The lowest BCUT2D eigenvalue weighted by molar-refractivity contribution is 0.112. The molecule has 0 fully saturated rings. The van der Waals surface area contributed by atoms with E-state index < -0.39 is 6.43 Å². The zero-order valence-electron chi connectivity index (χ0n) is 6.81. The highest BCUT2D eigenvalue weighted by atomic mass is 127. The van der Waals surface area contributed by atoms with Gasteiger partial charge in [-0.1, -0.05) is 0 Å². The minimum absolute atomic E-state index is 0.0510. The fraction of sp³-hybridized carbons (Fsp3) is 0.250. The van der Waals surface area contributed by atoms with Crippen LogP contribution in [0.15, 0.2) is 6.07 Å². The van der Waals surface area contributed by atoms with Crippen LogP contribution in [0.3, 0.4) is 0 Å². The number of alkyl halides is 3. The summed E-state index contributed by atoms with van der Waals surface area (Å²) in [4.78, 5) is 14.2. The summed E-state index contributed by atoms with van der Waals surface area (Å²) in [6.45, 7) is 0. The van der Waals surface area contributed by atoms with E-state index in [1.807, 2.05) is 0 Å². The van der Waals surface area contributed by atoms with Crippen molar-refractivity contribution in [2.24, 2.45) is 0 Å². The Labute approximate surface area is 97.8 Å². The Morgan fingerprint density at radius 1 is 1.64 bits per heavy atom. The van der Waals surface area contributed by atoms with Crippen LogP contribution in [0, 0.1) is 3.57 Å². The van der Waals surface area contributed by atoms with Crippen molar-refractivity contribution < 1.29 is 13.6 Å². The number of halogens is 4. The maximum atomic E-state index is 12.3. The molecule has 0 N–H and O–H groups in total. The number of pyridine rings is 1. The second-order valence-electron chi connectivity index (χ2n) is 2.44. The zero-order chi connectivity index (χ0) is 10.7. The molecule has 0 saturated heterocycles. The molecule has 0 bridgehead atoms. The Morgan fingerprint density at radius 2 is 2.29 bits per heavy atom. The number of rotatable bonds is 3. The lowest BCUT2D eigenvalue weighted by Gasteiger charge is -2.06. The SMILES string of the molecule is O=Cc1c(I)cc(C(F)F)nc1CCl. The minimum atomic E-state index is -2.65. The van der Waals surface area contributed by atoms with E-state index in [1.165, 1.54) is 6.07 Å². The fourth-order valence-electron chi connectivity index (χ4n) is 0.932. The summed E-state index contributed by atoms with van der Waals surface area (Å²) in [5.41, 5.74) is 0.129. The van der Waals surface area contributed by atoms with E-state index in [1.54, 1.807) is 22.6 Å². The van der Waals surface area contributed by atoms with Gasteiger partial charge in [0.1, 0.15) is 5.69 Å². The summed E-state index contributed by atoms with van der Waals surface area (Å²) >= 11 is 7.29. The third-order valence-electron chi connectivity index (χ3n) is 1.57. The van der Waals surface area contributed by atoms with Gasteiger partial charge >= 0.3 is 0 Å². The lowest BCUT2D eigenvalue weighted by Crippen LogP contribution is -2.02. The molecule has 14 heavy (non-hydrogen) atoms. The van der Waals surface area contributed by atoms with Crippen molar-refractivity contribution >= 4 is 40.5 Å². The molecule has 6 heteroatoms. The molecule has 0 unspecified atom stereocenters. The Bertz CT molecular complexity index is 359. The molecule has 1 aromatic rings. The number of hydrogen-bond acceptors (Lipinski definition) is 2. The standard InChI is InChI=1S/C8H5ClF2INO/c9-2-7-4(3-14)5(12)1-6(13-7)8(10)11/h1,3,8H,2H2. The van der Waals surface area contributed by atoms with E-state index in [0.29, 0.717) is 9.86 Å². The summed E-state index contributed by atoms with van der Waals surface area (Å²) in [7, 11) is 0. The van der Waals surface area contributed by atoms with Crippen molar-refractivity contribution in [3.8, 4) is 0 Å². The number of carbonyl (C=O) groups is 1. The number of aldehydes is 1. The number of nitrogens with zero attached hydrogens (tertiary/aromatic N) is 1. The van der Waals surface area contributed by atoms with Gasteiger partial charge in [0, 0.05) is 3.57 Å². The van der Waals surface area contributed by atoms with E-state index >= 15 is 0 Å². The molecule has 0 radical (unpaired) electrons. The van der Waals surface area contributed by atoms with Gasteiger partial charge in [-0.2, -0.15) is 0 Å². The minimum Gasteiger partial charge on any atom is -0.298 e. The summed E-state index contributed by atoms with van der Waals surface area (Å²) in [5, 5.41) is 0. The highest BCUT2D eigenvalue weighted by Crippen LogP contribution is 2.23. The van der Waals surface area contributed by atoms with Crippen LogP contribution >= 0.6 is 34.2 Å². The molecule has 0 atom stereocenters. The number of carbonyl (C=O) groups excluding carboxylic acids is 1. The smallest absolute Gasteiger partial charge is 0.280 e. The quantitative estimate of drug-likeness (QED) is 0.484. The molecule has 0 spiro atoms. The van der Waals surface area contributed by atoms with Gasteiger partial charge in [-0.15, -0.1) is 11.6 Å². The van der Waals surface area contributed by atoms with E-state index in [4.69, 9.17) is 11.6 Å². The van der Waals surface area contributed by atoms with Crippen molar-refractivity contribution in [3.05, 3.63) is 26.6 Å². The van der Waals surface area contributed by atoms with E-state index in [0.717, 1.165) is 0 Å². The van der Waals surface area contributed by atoms with Crippen molar-refractivity contribution in [2.75, 3.05) is 0 Å². The zero-order valence-corrected chi connectivity index (χ0v) is 9.72. The maximum Gasteiger partial charge on any atom is 0.280 e. The molecule has 0 saturated carbocycles. The number of aromatic nitrogens is 1. The number of hydrogen-bond donors (Lipinski definition) is 0. The highest BCUT2D eigenvalue weighted by Gasteiger charge is 2.15. The van der Waals surface area contributed by atoms with Crippen LogP contribution < -0.4 is 0 Å². The van der Waals surface area contributed by atoms with E-state index in [2.05, 4.69) is 4.98 Å². The Kier molecular flexibility index (Phi) is 4.18. The van der Waals surface area contributed by atoms with Gasteiger partial charge in [0.2, 0.25) is 0 Å². The molecule has 76 valence electrons. The molecule has 0 aliphatic carbocycles. The molecule has 2 nitrogen and oxygen atoms in total. The normalized spacial score (nSPS) is 10.6. The molecule has 0 aliphatic heterocycles. The monoisotopic (exact) mass is 331 g/mol. The van der Waals surface area contributed by atoms with Crippen molar-refractivity contribution in [1.29, 1.82) is 0 Å². The lowest BCUT2D eigenvalue weighted by atomic mass is 10.2. The first-order valence-corrected chi connectivity index (χ1v) is 5.20. The first kappa shape index (κ1) is 11.8. The maximum absolute atomic E-state index is 12.3. The van der Waals surface area contributed by atoms with Gasteiger partial charge in [-0.25, -0.2) is 13.8 Å². The average molecular weight is 331 g/mol. The van der Waals surface area contributed by atoms with Gasteiger partial charge in [0.05, 0.1) is 17.1 Å². The Hall–Kier alpha value is -0.300. The van der Waals surface area contributed by atoms with Crippen molar-refractivity contribution in [2.45, 2.75) is 12.3 Å². The van der Waals surface area contributed by atoms with E-state index in [-0.39, 0.29) is 22.8 Å². The van der Waals surface area contributed by atoms with Crippen LogP contribution in [0.25, 0.3) is 0 Å². The molecule has 0 aliphatic rings. The summed E-state index contributed by atoms with van der Waals surface area (Å²) in [6, 6.07) is 1.19. The highest BCUT2D eigenvalue weighted by molar-refractivity contribution is 14.1. The summed E-state index contributed by atoms with van der Waals surface area (Å²) < 4.78 is 25.0. The van der Waals surface area contributed by atoms with Gasteiger partial charge in [-0.05, 0) is 28.7 Å². The van der Waals surface area contributed by atoms with Crippen LogP contribution in [0.1, 0.15) is 28.2 Å². The fourth-order valence-corrected chi connectivity index (χ4v) is 1.89. The second-order valence-corrected chi connectivity index (χ2v) is 3.87. The van der Waals surface area contributed by atoms with Crippen LogP contribution in [0.2, 0.25) is 0 Å². The van der Waals surface area contributed by atoms with E-state index in [9.17, 15) is 13.6 Å². The Morgan fingerprint density at radius 3 is 2.71 bits per heavy atom. The molecule has 1 rings (SSSR count). The van der Waals surface area contributed by atoms with Gasteiger partial charge in [0.15, 0.2) is 6.29 Å². The van der Waals surface area contributed by atoms with Gasteiger partial charge in [0.25, 0.3) is 6.43 Å². The van der Waals surface area contributed by atoms with Crippen molar-refractivity contribution in [1.82, 2.24) is 4.98 Å². The average Bonchev–Trinajstić information content (AvgIpc) is 2.16. The molecule has 0 amide bonds. The summed E-state index contributed by atoms with van der Waals surface area (Å²) in [5.74, 6) is -0.0510. The molecule has 1 aromatic heterocycles. The van der Waals surface area contributed by atoms with Crippen LogP contribution in [-0.2, 0) is 5.88 Å². The third-order valence-corrected chi connectivity index (χ3v) is 2.72.